The number of fused-ring (bicyclic) bond motifs is 1. The van der Waals surface area contributed by atoms with E-state index in [0.29, 0.717) is 59.0 Å². The molecule has 268 valence electrons. The lowest BCUT2D eigenvalue weighted by atomic mass is 9.95. The third-order valence-electron chi connectivity index (χ3n) is 7.61. The van der Waals surface area contributed by atoms with Crippen molar-refractivity contribution in [3.8, 4) is 23.0 Å². The molecule has 4 aromatic rings. The fraction of sp³-hybridized carbons (Fsp3) is 0.278. The van der Waals surface area contributed by atoms with Crippen LogP contribution in [0.4, 0.5) is 0 Å². The highest BCUT2D eigenvalue weighted by atomic mass is 35.5. The molecule has 5 rings (SSSR count). The first kappa shape index (κ1) is 37.8. The molecule has 1 aromatic heterocycles. The predicted octanol–water partition coefficient (Wildman–Crippen LogP) is 6.30. The quantitative estimate of drug-likeness (QED) is 0.144. The molecular weight excluding hydrogens is 743 g/mol. The smallest absolute Gasteiger partial charge is 0.343 e. The van der Waals surface area contributed by atoms with Gasteiger partial charge in [-0.05, 0) is 74.4 Å². The van der Waals surface area contributed by atoms with Gasteiger partial charge in [0.05, 0.1) is 54.3 Å². The van der Waals surface area contributed by atoms with Crippen LogP contribution in [0.3, 0.4) is 0 Å². The summed E-state index contributed by atoms with van der Waals surface area (Å²) in [6, 6.07) is 12.5. The van der Waals surface area contributed by atoms with Gasteiger partial charge in [0, 0.05) is 15.6 Å². The number of ether oxygens (including phenoxy) is 6. The zero-order chi connectivity index (χ0) is 36.8. The molecule has 1 aliphatic rings. The van der Waals surface area contributed by atoms with Crippen molar-refractivity contribution in [3.05, 3.63) is 111 Å². The largest absolute Gasteiger partial charge is 0.493 e. The average molecular weight is 776 g/mol. The van der Waals surface area contributed by atoms with E-state index in [9.17, 15) is 14.4 Å². The summed E-state index contributed by atoms with van der Waals surface area (Å²) in [6.45, 7) is 5.35. The van der Waals surface area contributed by atoms with Gasteiger partial charge in [-0.25, -0.2) is 14.6 Å². The molecule has 3 aromatic carbocycles. The van der Waals surface area contributed by atoms with Crippen LogP contribution in [-0.4, -0.2) is 50.5 Å². The number of rotatable bonds is 13. The van der Waals surface area contributed by atoms with Gasteiger partial charge < -0.3 is 28.4 Å². The molecule has 0 saturated carbocycles. The number of methoxy groups -OCH3 is 2. The number of thiazole rings is 1. The molecule has 1 atom stereocenters. The fourth-order valence-corrected chi connectivity index (χ4v) is 7.07. The van der Waals surface area contributed by atoms with Gasteiger partial charge in [-0.15, -0.1) is 0 Å². The average Bonchev–Trinajstić information content (AvgIpc) is 3.40. The SMILES string of the molecule is CCOC(=O)C1=C(C)N=c2s/c(=C\c3cc(Cl)c(OCc4ccc(Cl)cc4Cl)c(OC)c3)c(=O)n2[C@@H]1c1ccc(OCC(=O)OC)c(OCC)c1. The van der Waals surface area contributed by atoms with Crippen LogP contribution >= 0.6 is 46.1 Å². The topological polar surface area (TPSA) is 124 Å². The van der Waals surface area contributed by atoms with Crippen LogP contribution in [-0.2, 0) is 25.7 Å². The number of carbonyl (C=O) groups excluding carboxylic acids is 2. The summed E-state index contributed by atoms with van der Waals surface area (Å²) in [4.78, 5) is 44.4. The number of benzene rings is 3. The molecule has 0 bridgehead atoms. The Kier molecular flexibility index (Phi) is 12.4. The third kappa shape index (κ3) is 8.36. The number of carbonyl (C=O) groups is 2. The van der Waals surface area contributed by atoms with Crippen molar-refractivity contribution in [2.45, 2.75) is 33.4 Å². The lowest BCUT2D eigenvalue weighted by molar-refractivity contribution is -0.143. The zero-order valence-electron chi connectivity index (χ0n) is 28.2. The van der Waals surface area contributed by atoms with E-state index in [1.165, 1.54) is 18.8 Å². The highest BCUT2D eigenvalue weighted by molar-refractivity contribution is 7.07. The van der Waals surface area contributed by atoms with Crippen LogP contribution < -0.4 is 33.8 Å². The van der Waals surface area contributed by atoms with E-state index in [1.807, 2.05) is 0 Å². The first-order valence-electron chi connectivity index (χ1n) is 15.6. The lowest BCUT2D eigenvalue weighted by Gasteiger charge is -2.25. The molecular formula is C36H33Cl3N2O9S. The van der Waals surface area contributed by atoms with E-state index in [4.69, 9.17) is 58.5 Å². The summed E-state index contributed by atoms with van der Waals surface area (Å²) in [7, 11) is 2.74. The van der Waals surface area contributed by atoms with Crippen LogP contribution in [0.25, 0.3) is 6.08 Å². The number of allylic oxidation sites excluding steroid dienone is 1. The number of halogens is 3. The van der Waals surface area contributed by atoms with Gasteiger partial charge in [-0.1, -0.05) is 58.3 Å². The minimum absolute atomic E-state index is 0.107. The lowest BCUT2D eigenvalue weighted by Crippen LogP contribution is -2.40. The van der Waals surface area contributed by atoms with Crippen molar-refractivity contribution < 1.29 is 38.0 Å². The monoisotopic (exact) mass is 774 g/mol. The van der Waals surface area contributed by atoms with Crippen molar-refractivity contribution >= 4 is 64.2 Å². The maximum absolute atomic E-state index is 14.2. The van der Waals surface area contributed by atoms with E-state index >= 15 is 0 Å². The molecule has 0 fully saturated rings. The van der Waals surface area contributed by atoms with E-state index in [-0.39, 0.29) is 42.8 Å². The molecule has 2 heterocycles. The molecule has 11 nitrogen and oxygen atoms in total. The zero-order valence-corrected chi connectivity index (χ0v) is 31.3. The van der Waals surface area contributed by atoms with Crippen molar-refractivity contribution in [3.63, 3.8) is 0 Å². The minimum Gasteiger partial charge on any atom is -0.493 e. The molecule has 15 heteroatoms. The summed E-state index contributed by atoms with van der Waals surface area (Å²) in [6.07, 6.45) is 1.66. The van der Waals surface area contributed by atoms with E-state index in [2.05, 4.69) is 9.73 Å². The Labute approximate surface area is 312 Å². The Morgan fingerprint density at radius 2 is 1.71 bits per heavy atom. The molecule has 51 heavy (non-hydrogen) atoms. The van der Waals surface area contributed by atoms with Gasteiger partial charge in [0.2, 0.25) is 0 Å². The highest BCUT2D eigenvalue weighted by Crippen LogP contribution is 2.39. The highest BCUT2D eigenvalue weighted by Gasteiger charge is 2.34. The minimum atomic E-state index is -0.926. The number of nitrogens with zero attached hydrogens (tertiary/aromatic N) is 2. The van der Waals surface area contributed by atoms with Gasteiger partial charge in [0.25, 0.3) is 5.56 Å². The van der Waals surface area contributed by atoms with Crippen LogP contribution in [0, 0.1) is 0 Å². The summed E-state index contributed by atoms with van der Waals surface area (Å²) in [5.41, 5.74) is 1.96. The molecule has 0 radical (unpaired) electrons. The number of esters is 2. The van der Waals surface area contributed by atoms with E-state index in [0.717, 1.165) is 11.3 Å². The number of aromatic nitrogens is 1. The molecule has 0 unspecified atom stereocenters. The molecule has 0 saturated heterocycles. The van der Waals surface area contributed by atoms with Crippen molar-refractivity contribution in [1.82, 2.24) is 4.57 Å². The maximum Gasteiger partial charge on any atom is 0.343 e. The molecule has 0 spiro atoms. The third-order valence-corrected chi connectivity index (χ3v) is 9.46. The molecule has 0 N–H and O–H groups in total. The number of hydrogen-bond donors (Lipinski definition) is 0. The standard InChI is InChI=1S/C36H33Cl3N2O9S/c1-6-47-27-15-21(9-11-26(27)49-18-30(42)46-5)32-31(35(44)48-7-2)19(3)40-36-41(32)34(43)29(51-36)14-20-12-25(39)33(28(13-20)45-4)50-17-22-8-10-23(37)16-24(22)38/h8-16,32H,6-7,17-18H2,1-5H3/b29-14-/t32-/m1/s1. The molecule has 0 amide bonds. The second-order valence-corrected chi connectivity index (χ2v) is 13.1. The van der Waals surface area contributed by atoms with Gasteiger partial charge in [-0.3, -0.25) is 9.36 Å². The number of hydrogen-bond acceptors (Lipinski definition) is 11. The van der Waals surface area contributed by atoms with Crippen LogP contribution in [0.1, 0.15) is 43.5 Å². The van der Waals surface area contributed by atoms with E-state index < -0.39 is 23.5 Å². The van der Waals surface area contributed by atoms with Gasteiger partial charge in [0.1, 0.15) is 6.61 Å². The van der Waals surface area contributed by atoms with Crippen LogP contribution in [0.5, 0.6) is 23.0 Å². The maximum atomic E-state index is 14.2. The summed E-state index contributed by atoms with van der Waals surface area (Å²) in [5.74, 6) is 0.0350. The van der Waals surface area contributed by atoms with Gasteiger partial charge in [0.15, 0.2) is 34.4 Å². The van der Waals surface area contributed by atoms with Crippen LogP contribution in [0.15, 0.2) is 69.6 Å². The second kappa shape index (κ2) is 16.7. The van der Waals surface area contributed by atoms with Crippen molar-refractivity contribution in [2.75, 3.05) is 34.0 Å². The Morgan fingerprint density at radius 1 is 0.922 bits per heavy atom. The van der Waals surface area contributed by atoms with Crippen LogP contribution in [0.2, 0.25) is 15.1 Å². The predicted molar refractivity (Wildman–Crippen MR) is 194 cm³/mol. The first-order valence-corrected chi connectivity index (χ1v) is 17.5. The Hall–Kier alpha value is -4.49. The van der Waals surface area contributed by atoms with Crippen molar-refractivity contribution in [1.29, 1.82) is 0 Å². The molecule has 1 aliphatic heterocycles. The Morgan fingerprint density at radius 3 is 2.39 bits per heavy atom. The van der Waals surface area contributed by atoms with E-state index in [1.54, 1.807) is 75.4 Å². The molecule has 0 aliphatic carbocycles. The normalized spacial score (nSPS) is 14.0. The van der Waals surface area contributed by atoms with Gasteiger partial charge >= 0.3 is 11.9 Å². The Bertz CT molecular complexity index is 2200. The summed E-state index contributed by atoms with van der Waals surface area (Å²) < 4.78 is 34.9. The summed E-state index contributed by atoms with van der Waals surface area (Å²) in [5, 5.41) is 1.19. The van der Waals surface area contributed by atoms with Crippen molar-refractivity contribution in [2.24, 2.45) is 4.99 Å². The second-order valence-electron chi connectivity index (χ2n) is 10.9. The van der Waals surface area contributed by atoms with Gasteiger partial charge in [-0.2, -0.15) is 0 Å². The Balaban J connectivity index is 1.58. The fourth-order valence-electron chi connectivity index (χ4n) is 5.29. The summed E-state index contributed by atoms with van der Waals surface area (Å²) >= 11 is 20.2. The first-order chi connectivity index (χ1) is 24.5.